The fourth-order valence-electron chi connectivity index (χ4n) is 2.05. The number of hydrogen-bond acceptors (Lipinski definition) is 3. The Morgan fingerprint density at radius 1 is 1.09 bits per heavy atom. The SMILES string of the molecule is Cc1ccc(CNC(=O)c2cn(-c3ccccc3)nn2)cc1. The van der Waals surface area contributed by atoms with E-state index in [-0.39, 0.29) is 5.91 Å². The molecule has 3 aromatic rings. The summed E-state index contributed by atoms with van der Waals surface area (Å²) in [5.74, 6) is -0.234. The number of benzene rings is 2. The molecular weight excluding hydrogens is 276 g/mol. The van der Waals surface area contributed by atoms with Crippen LogP contribution in [0.2, 0.25) is 0 Å². The molecule has 0 aliphatic heterocycles. The van der Waals surface area contributed by atoms with Gasteiger partial charge in [0.05, 0.1) is 11.9 Å². The molecule has 0 radical (unpaired) electrons. The predicted molar refractivity (Wildman–Crippen MR) is 83.7 cm³/mol. The van der Waals surface area contributed by atoms with Gasteiger partial charge in [-0.3, -0.25) is 4.79 Å². The maximum Gasteiger partial charge on any atom is 0.273 e. The number of nitrogens with zero attached hydrogens (tertiary/aromatic N) is 3. The standard InChI is InChI=1S/C17H16N4O/c1-13-7-9-14(10-8-13)11-18-17(22)16-12-21(20-19-16)15-5-3-2-4-6-15/h2-10,12H,11H2,1H3,(H,18,22). The average Bonchev–Trinajstić information content (AvgIpc) is 3.05. The molecule has 0 saturated carbocycles. The van der Waals surface area contributed by atoms with E-state index in [0.29, 0.717) is 12.2 Å². The minimum atomic E-state index is -0.234. The van der Waals surface area contributed by atoms with Crippen molar-refractivity contribution in [2.75, 3.05) is 0 Å². The lowest BCUT2D eigenvalue weighted by Gasteiger charge is -2.03. The van der Waals surface area contributed by atoms with Gasteiger partial charge in [0.25, 0.3) is 5.91 Å². The molecule has 1 N–H and O–H groups in total. The second-order valence-corrected chi connectivity index (χ2v) is 5.05. The van der Waals surface area contributed by atoms with E-state index >= 15 is 0 Å². The van der Waals surface area contributed by atoms with E-state index in [2.05, 4.69) is 15.6 Å². The van der Waals surface area contributed by atoms with Crippen LogP contribution in [0.25, 0.3) is 5.69 Å². The van der Waals surface area contributed by atoms with E-state index in [4.69, 9.17) is 0 Å². The molecule has 1 amide bonds. The van der Waals surface area contributed by atoms with Crippen molar-refractivity contribution in [1.82, 2.24) is 20.3 Å². The van der Waals surface area contributed by atoms with E-state index in [9.17, 15) is 4.79 Å². The van der Waals surface area contributed by atoms with Gasteiger partial charge in [-0.15, -0.1) is 5.10 Å². The van der Waals surface area contributed by atoms with Gasteiger partial charge < -0.3 is 5.32 Å². The number of hydrogen-bond donors (Lipinski definition) is 1. The molecule has 2 aromatic carbocycles. The Kier molecular flexibility index (Phi) is 3.96. The van der Waals surface area contributed by atoms with Crippen molar-refractivity contribution in [2.45, 2.75) is 13.5 Å². The van der Waals surface area contributed by atoms with Gasteiger partial charge in [0.1, 0.15) is 0 Å². The lowest BCUT2D eigenvalue weighted by Crippen LogP contribution is -2.23. The van der Waals surface area contributed by atoms with E-state index in [1.165, 1.54) is 5.56 Å². The van der Waals surface area contributed by atoms with Crippen LogP contribution in [0.5, 0.6) is 0 Å². The summed E-state index contributed by atoms with van der Waals surface area (Å²) in [6, 6.07) is 17.6. The zero-order chi connectivity index (χ0) is 15.4. The summed E-state index contributed by atoms with van der Waals surface area (Å²) in [6.45, 7) is 2.50. The van der Waals surface area contributed by atoms with Crippen molar-refractivity contribution in [2.24, 2.45) is 0 Å². The van der Waals surface area contributed by atoms with Crippen LogP contribution in [0, 0.1) is 6.92 Å². The summed E-state index contributed by atoms with van der Waals surface area (Å²) in [5.41, 5.74) is 3.42. The molecule has 110 valence electrons. The van der Waals surface area contributed by atoms with Crippen LogP contribution < -0.4 is 5.32 Å². The Bertz CT molecular complexity index is 763. The molecule has 0 bridgehead atoms. The first-order valence-electron chi connectivity index (χ1n) is 7.04. The smallest absolute Gasteiger partial charge is 0.273 e. The highest BCUT2D eigenvalue weighted by atomic mass is 16.2. The molecule has 0 spiro atoms. The van der Waals surface area contributed by atoms with Crippen molar-refractivity contribution < 1.29 is 4.79 Å². The number of rotatable bonds is 4. The molecule has 5 nitrogen and oxygen atoms in total. The van der Waals surface area contributed by atoms with Gasteiger partial charge in [-0.05, 0) is 24.6 Å². The highest BCUT2D eigenvalue weighted by molar-refractivity contribution is 5.91. The van der Waals surface area contributed by atoms with Crippen LogP contribution in [0.15, 0.2) is 60.8 Å². The van der Waals surface area contributed by atoms with Gasteiger partial charge in [-0.2, -0.15) is 0 Å². The van der Waals surface area contributed by atoms with E-state index in [1.54, 1.807) is 10.9 Å². The maximum absolute atomic E-state index is 12.1. The van der Waals surface area contributed by atoms with E-state index in [0.717, 1.165) is 11.3 Å². The first-order chi connectivity index (χ1) is 10.7. The third-order valence-electron chi connectivity index (χ3n) is 3.32. The molecule has 5 heteroatoms. The zero-order valence-electron chi connectivity index (χ0n) is 12.2. The largest absolute Gasteiger partial charge is 0.347 e. The lowest BCUT2D eigenvalue weighted by atomic mass is 10.1. The molecule has 0 saturated heterocycles. The number of nitrogens with one attached hydrogen (secondary N) is 1. The second-order valence-electron chi connectivity index (χ2n) is 5.05. The molecule has 0 unspecified atom stereocenters. The van der Waals surface area contributed by atoms with Crippen molar-refractivity contribution in [1.29, 1.82) is 0 Å². The first kappa shape index (κ1) is 14.0. The van der Waals surface area contributed by atoms with Gasteiger partial charge in [-0.25, -0.2) is 4.68 Å². The van der Waals surface area contributed by atoms with Crippen LogP contribution in [-0.2, 0) is 6.54 Å². The van der Waals surface area contributed by atoms with Crippen molar-refractivity contribution in [3.8, 4) is 5.69 Å². The van der Waals surface area contributed by atoms with Gasteiger partial charge >= 0.3 is 0 Å². The molecule has 1 heterocycles. The molecule has 3 rings (SSSR count). The third-order valence-corrected chi connectivity index (χ3v) is 3.32. The average molecular weight is 292 g/mol. The highest BCUT2D eigenvalue weighted by Gasteiger charge is 2.11. The second kappa shape index (κ2) is 6.22. The van der Waals surface area contributed by atoms with E-state index < -0.39 is 0 Å². The minimum Gasteiger partial charge on any atom is -0.347 e. The van der Waals surface area contributed by atoms with Crippen molar-refractivity contribution in [3.63, 3.8) is 0 Å². The van der Waals surface area contributed by atoms with Crippen molar-refractivity contribution >= 4 is 5.91 Å². The fraction of sp³-hybridized carbons (Fsp3) is 0.118. The van der Waals surface area contributed by atoms with Gasteiger partial charge in [0, 0.05) is 6.54 Å². The Labute approximate surface area is 128 Å². The highest BCUT2D eigenvalue weighted by Crippen LogP contribution is 2.06. The molecule has 1 aromatic heterocycles. The quantitative estimate of drug-likeness (QED) is 0.803. The molecular formula is C17H16N4O. The number of amides is 1. The number of para-hydroxylation sites is 1. The van der Waals surface area contributed by atoms with Crippen LogP contribution in [0.3, 0.4) is 0 Å². The zero-order valence-corrected chi connectivity index (χ0v) is 12.2. The summed E-state index contributed by atoms with van der Waals surface area (Å²) in [7, 11) is 0. The number of aromatic nitrogens is 3. The van der Waals surface area contributed by atoms with E-state index in [1.807, 2.05) is 61.5 Å². The van der Waals surface area contributed by atoms with Crippen LogP contribution >= 0.6 is 0 Å². The van der Waals surface area contributed by atoms with Gasteiger partial charge in [0.2, 0.25) is 0 Å². The minimum absolute atomic E-state index is 0.234. The van der Waals surface area contributed by atoms with Crippen LogP contribution in [-0.4, -0.2) is 20.9 Å². The topological polar surface area (TPSA) is 59.8 Å². The maximum atomic E-state index is 12.1. The summed E-state index contributed by atoms with van der Waals surface area (Å²) in [5, 5.41) is 10.7. The summed E-state index contributed by atoms with van der Waals surface area (Å²) in [4.78, 5) is 12.1. The summed E-state index contributed by atoms with van der Waals surface area (Å²) < 4.78 is 1.58. The Balaban J connectivity index is 1.66. The van der Waals surface area contributed by atoms with Gasteiger partial charge in [0.15, 0.2) is 5.69 Å². The van der Waals surface area contributed by atoms with Crippen LogP contribution in [0.1, 0.15) is 21.6 Å². The molecule has 0 fully saturated rings. The summed E-state index contributed by atoms with van der Waals surface area (Å²) >= 11 is 0. The third kappa shape index (κ3) is 3.20. The Morgan fingerprint density at radius 3 is 2.55 bits per heavy atom. The normalized spacial score (nSPS) is 10.4. The Hall–Kier alpha value is -2.95. The number of carbonyl (C=O) groups excluding carboxylic acids is 1. The predicted octanol–water partition coefficient (Wildman–Crippen LogP) is 2.51. The summed E-state index contributed by atoms with van der Waals surface area (Å²) in [6.07, 6.45) is 1.62. The first-order valence-corrected chi connectivity index (χ1v) is 7.04. The Morgan fingerprint density at radius 2 is 1.82 bits per heavy atom. The molecule has 0 aliphatic carbocycles. The van der Waals surface area contributed by atoms with Crippen LogP contribution in [0.4, 0.5) is 0 Å². The van der Waals surface area contributed by atoms with Gasteiger partial charge in [-0.1, -0.05) is 53.2 Å². The molecule has 0 aliphatic rings. The monoisotopic (exact) mass is 292 g/mol. The molecule has 0 atom stereocenters. The number of carbonyl (C=O) groups is 1. The molecule has 22 heavy (non-hydrogen) atoms. The lowest BCUT2D eigenvalue weighted by molar-refractivity contribution is 0.0946. The van der Waals surface area contributed by atoms with Crippen molar-refractivity contribution in [3.05, 3.63) is 77.6 Å². The fourth-order valence-corrected chi connectivity index (χ4v) is 2.05. The number of aryl methyl sites for hydroxylation is 1.